The van der Waals surface area contributed by atoms with Gasteiger partial charge in [0.1, 0.15) is 6.33 Å². The molecular formula is C17H17N3. The fraction of sp³-hybridized carbons (Fsp3) is 0.176. The van der Waals surface area contributed by atoms with Gasteiger partial charge < -0.3 is 0 Å². The summed E-state index contributed by atoms with van der Waals surface area (Å²) in [6.45, 7) is 6.33. The van der Waals surface area contributed by atoms with E-state index in [0.717, 1.165) is 17.1 Å². The highest BCUT2D eigenvalue weighted by molar-refractivity contribution is 5.63. The highest BCUT2D eigenvalue weighted by atomic mass is 15.3. The first-order chi connectivity index (χ1) is 9.68. The first-order valence-electron chi connectivity index (χ1n) is 6.71. The monoisotopic (exact) mass is 263 g/mol. The molecule has 3 rings (SSSR count). The van der Waals surface area contributed by atoms with Crippen LogP contribution in [0.25, 0.3) is 17.1 Å². The van der Waals surface area contributed by atoms with Crippen molar-refractivity contribution >= 4 is 0 Å². The summed E-state index contributed by atoms with van der Waals surface area (Å²) in [4.78, 5) is 0. The molecule has 100 valence electrons. The maximum atomic E-state index is 4.32. The van der Waals surface area contributed by atoms with Crippen molar-refractivity contribution < 1.29 is 0 Å². The van der Waals surface area contributed by atoms with Gasteiger partial charge in [0, 0.05) is 5.56 Å². The first kappa shape index (κ1) is 12.6. The second kappa shape index (κ2) is 4.93. The van der Waals surface area contributed by atoms with Gasteiger partial charge in [-0.05, 0) is 37.5 Å². The van der Waals surface area contributed by atoms with E-state index in [9.17, 15) is 0 Å². The molecule has 0 fully saturated rings. The van der Waals surface area contributed by atoms with Gasteiger partial charge in [0.25, 0.3) is 0 Å². The average molecular weight is 263 g/mol. The molecule has 1 heterocycles. The molecule has 20 heavy (non-hydrogen) atoms. The number of benzene rings is 2. The Bertz CT molecular complexity index is 736. The molecule has 0 spiro atoms. The third-order valence-electron chi connectivity index (χ3n) is 3.61. The Labute approximate surface area is 118 Å². The second-order valence-corrected chi connectivity index (χ2v) is 5.08. The van der Waals surface area contributed by atoms with E-state index in [1.165, 1.54) is 16.7 Å². The van der Waals surface area contributed by atoms with Crippen LogP contribution >= 0.6 is 0 Å². The Kier molecular flexibility index (Phi) is 3.11. The van der Waals surface area contributed by atoms with Crippen LogP contribution in [0.4, 0.5) is 0 Å². The van der Waals surface area contributed by atoms with Gasteiger partial charge in [0.15, 0.2) is 5.82 Å². The molecule has 3 nitrogen and oxygen atoms in total. The minimum Gasteiger partial charge on any atom is -0.281 e. The summed E-state index contributed by atoms with van der Waals surface area (Å²) in [6.07, 6.45) is 1.79. The van der Waals surface area contributed by atoms with Gasteiger partial charge in [-0.15, -0.1) is 10.2 Å². The standard InChI is InChI=1S/C17H17N3/c1-12-7-4-5-10-15(12)17-19-18-11-20(17)16-13(2)8-6-9-14(16)3/h4-11H,1-3H3. The van der Waals surface area contributed by atoms with Crippen LogP contribution in [0.1, 0.15) is 16.7 Å². The molecule has 1 aromatic heterocycles. The van der Waals surface area contributed by atoms with Crippen molar-refractivity contribution in [2.24, 2.45) is 0 Å². The van der Waals surface area contributed by atoms with Crippen LogP contribution in [0.5, 0.6) is 0 Å². The van der Waals surface area contributed by atoms with Crippen LogP contribution in [0, 0.1) is 20.8 Å². The molecule has 0 unspecified atom stereocenters. The van der Waals surface area contributed by atoms with E-state index in [2.05, 4.69) is 65.9 Å². The third-order valence-corrected chi connectivity index (χ3v) is 3.61. The highest BCUT2D eigenvalue weighted by Crippen LogP contribution is 2.26. The zero-order valence-corrected chi connectivity index (χ0v) is 12.0. The Morgan fingerprint density at radius 1 is 0.800 bits per heavy atom. The lowest BCUT2D eigenvalue weighted by atomic mass is 10.1. The van der Waals surface area contributed by atoms with Crippen molar-refractivity contribution in [1.82, 2.24) is 14.8 Å². The largest absolute Gasteiger partial charge is 0.281 e. The van der Waals surface area contributed by atoms with Gasteiger partial charge in [-0.1, -0.05) is 42.5 Å². The highest BCUT2D eigenvalue weighted by Gasteiger charge is 2.13. The molecule has 0 atom stereocenters. The van der Waals surface area contributed by atoms with E-state index in [0.29, 0.717) is 0 Å². The van der Waals surface area contributed by atoms with Crippen LogP contribution < -0.4 is 0 Å². The van der Waals surface area contributed by atoms with Gasteiger partial charge in [-0.25, -0.2) is 0 Å². The molecule has 0 N–H and O–H groups in total. The molecule has 0 saturated heterocycles. The van der Waals surface area contributed by atoms with Crippen molar-refractivity contribution in [3.8, 4) is 17.1 Å². The number of nitrogens with zero attached hydrogens (tertiary/aromatic N) is 3. The SMILES string of the molecule is Cc1ccccc1-c1nncn1-c1c(C)cccc1C. The van der Waals surface area contributed by atoms with Gasteiger partial charge in [0.05, 0.1) is 5.69 Å². The predicted octanol–water partition coefficient (Wildman–Crippen LogP) is 3.86. The van der Waals surface area contributed by atoms with E-state index >= 15 is 0 Å². The molecule has 0 radical (unpaired) electrons. The zero-order chi connectivity index (χ0) is 14.1. The maximum Gasteiger partial charge on any atom is 0.168 e. The average Bonchev–Trinajstić information content (AvgIpc) is 2.88. The van der Waals surface area contributed by atoms with E-state index in [1.54, 1.807) is 6.33 Å². The molecule has 0 saturated carbocycles. The molecular weight excluding hydrogens is 246 g/mol. The zero-order valence-electron chi connectivity index (χ0n) is 12.0. The number of hydrogen-bond donors (Lipinski definition) is 0. The summed E-state index contributed by atoms with van der Waals surface area (Å²) in [5.74, 6) is 0.889. The fourth-order valence-corrected chi connectivity index (χ4v) is 2.59. The lowest BCUT2D eigenvalue weighted by Crippen LogP contribution is -2.02. The van der Waals surface area contributed by atoms with Gasteiger partial charge in [-0.2, -0.15) is 0 Å². The lowest BCUT2D eigenvalue weighted by Gasteiger charge is -2.13. The molecule has 3 aromatic rings. The molecule has 3 heteroatoms. The Morgan fingerprint density at radius 2 is 1.45 bits per heavy atom. The van der Waals surface area contributed by atoms with Gasteiger partial charge in [0.2, 0.25) is 0 Å². The molecule has 0 aliphatic carbocycles. The first-order valence-corrected chi connectivity index (χ1v) is 6.71. The number of hydrogen-bond acceptors (Lipinski definition) is 2. The third kappa shape index (κ3) is 2.01. The summed E-state index contributed by atoms with van der Waals surface area (Å²) < 4.78 is 2.08. The van der Waals surface area contributed by atoms with E-state index < -0.39 is 0 Å². The molecule has 0 amide bonds. The minimum absolute atomic E-state index is 0.889. The van der Waals surface area contributed by atoms with E-state index in [-0.39, 0.29) is 0 Å². The number of rotatable bonds is 2. The fourth-order valence-electron chi connectivity index (χ4n) is 2.59. The van der Waals surface area contributed by atoms with Crippen molar-refractivity contribution in [3.05, 3.63) is 65.5 Å². The number of para-hydroxylation sites is 1. The summed E-state index contributed by atoms with van der Waals surface area (Å²) in [7, 11) is 0. The van der Waals surface area contributed by atoms with Crippen molar-refractivity contribution in [2.75, 3.05) is 0 Å². The van der Waals surface area contributed by atoms with Crippen molar-refractivity contribution in [2.45, 2.75) is 20.8 Å². The minimum atomic E-state index is 0.889. The Balaban J connectivity index is 2.24. The molecule has 0 aliphatic rings. The summed E-state index contributed by atoms with van der Waals surface area (Å²) in [5.41, 5.74) is 5.93. The normalized spacial score (nSPS) is 10.8. The number of aromatic nitrogens is 3. The number of aryl methyl sites for hydroxylation is 3. The van der Waals surface area contributed by atoms with Crippen LogP contribution in [0.15, 0.2) is 48.8 Å². The van der Waals surface area contributed by atoms with E-state index in [1.807, 2.05) is 12.1 Å². The Hall–Kier alpha value is -2.42. The lowest BCUT2D eigenvalue weighted by molar-refractivity contribution is 1.03. The summed E-state index contributed by atoms with van der Waals surface area (Å²) in [6, 6.07) is 14.6. The molecule has 0 bridgehead atoms. The molecule has 0 aliphatic heterocycles. The van der Waals surface area contributed by atoms with Crippen LogP contribution in [-0.4, -0.2) is 14.8 Å². The van der Waals surface area contributed by atoms with Gasteiger partial charge >= 0.3 is 0 Å². The van der Waals surface area contributed by atoms with Gasteiger partial charge in [-0.3, -0.25) is 4.57 Å². The summed E-state index contributed by atoms with van der Waals surface area (Å²) in [5, 5.41) is 8.43. The summed E-state index contributed by atoms with van der Waals surface area (Å²) >= 11 is 0. The van der Waals surface area contributed by atoms with Crippen LogP contribution in [0.2, 0.25) is 0 Å². The van der Waals surface area contributed by atoms with Crippen LogP contribution in [-0.2, 0) is 0 Å². The smallest absolute Gasteiger partial charge is 0.168 e. The van der Waals surface area contributed by atoms with Crippen LogP contribution in [0.3, 0.4) is 0 Å². The maximum absolute atomic E-state index is 4.32. The molecule has 2 aromatic carbocycles. The second-order valence-electron chi connectivity index (χ2n) is 5.08. The van der Waals surface area contributed by atoms with Crippen molar-refractivity contribution in [3.63, 3.8) is 0 Å². The Morgan fingerprint density at radius 3 is 2.15 bits per heavy atom. The van der Waals surface area contributed by atoms with Crippen molar-refractivity contribution in [1.29, 1.82) is 0 Å². The van der Waals surface area contributed by atoms with E-state index in [4.69, 9.17) is 0 Å². The predicted molar refractivity (Wildman–Crippen MR) is 81.0 cm³/mol. The topological polar surface area (TPSA) is 30.7 Å². The quantitative estimate of drug-likeness (QED) is 0.703.